The molecule has 326 valence electrons. The summed E-state index contributed by atoms with van der Waals surface area (Å²) in [6.45, 7) is 0. The summed E-state index contributed by atoms with van der Waals surface area (Å²) < 4.78 is 47.3. The maximum absolute atomic E-state index is 5.93. The van der Waals surface area contributed by atoms with Gasteiger partial charge in [0.15, 0.2) is 12.3 Å². The summed E-state index contributed by atoms with van der Waals surface area (Å²) in [5.74, 6) is 0. The van der Waals surface area contributed by atoms with Gasteiger partial charge in [0.25, 0.3) is 0 Å². The van der Waals surface area contributed by atoms with E-state index < -0.39 is 0 Å². The van der Waals surface area contributed by atoms with Crippen LogP contribution in [0.4, 0.5) is 0 Å². The highest BCUT2D eigenvalue weighted by atomic mass is 16.6. The lowest BCUT2D eigenvalue weighted by atomic mass is 10.00. The minimum atomic E-state index is -0.379. The topological polar surface area (TPSA) is 259 Å². The van der Waals surface area contributed by atoms with Crippen molar-refractivity contribution in [3.05, 3.63) is 0 Å². The first-order chi connectivity index (χ1) is 27.7. The first kappa shape index (κ1) is 41.4. The molecule has 0 aromatic heterocycles. The van der Waals surface area contributed by atoms with Gasteiger partial charge in [-0.15, -0.1) is 0 Å². The van der Waals surface area contributed by atoms with Crippen LogP contribution in [0.2, 0.25) is 0 Å². The number of hydrogen-bond donors (Lipinski definition) is 16. The van der Waals surface area contributed by atoms with Crippen LogP contribution >= 0.6 is 0 Å². The zero-order chi connectivity index (χ0) is 39.7. The van der Waals surface area contributed by atoms with E-state index in [4.69, 9.17) is 37.9 Å². The summed E-state index contributed by atoms with van der Waals surface area (Å²) in [6.07, 6.45) is -4.44. The van der Waals surface area contributed by atoms with E-state index in [1.807, 2.05) is 0 Å². The maximum atomic E-state index is 5.93. The number of rotatable bonds is 8. The van der Waals surface area contributed by atoms with Crippen LogP contribution in [0, 0.1) is 0 Å². The zero-order valence-corrected chi connectivity index (χ0v) is 34.1. The van der Waals surface area contributed by atoms with E-state index >= 15 is 0 Å². The molecule has 0 saturated carbocycles. The number of quaternary nitrogens is 1. The molecule has 0 radical (unpaired) electrons. The van der Waals surface area contributed by atoms with Crippen LogP contribution in [0.1, 0.15) is 0 Å². The lowest BCUT2D eigenvalue weighted by Gasteiger charge is -2.44. The lowest BCUT2D eigenvalue weighted by molar-refractivity contribution is -0.924. The molecule has 24 nitrogen and oxygen atoms in total. The van der Waals surface area contributed by atoms with Crippen LogP contribution in [-0.4, -0.2) is 211 Å². The van der Waals surface area contributed by atoms with Crippen LogP contribution in [0.3, 0.4) is 0 Å². The van der Waals surface area contributed by atoms with Crippen molar-refractivity contribution in [1.29, 1.82) is 0 Å². The van der Waals surface area contributed by atoms with Crippen molar-refractivity contribution in [3.63, 3.8) is 0 Å². The van der Waals surface area contributed by atoms with E-state index in [1.54, 1.807) is 56.9 Å². The summed E-state index contributed by atoms with van der Waals surface area (Å²) in [6, 6.07) is -0.753. The van der Waals surface area contributed by atoms with Crippen molar-refractivity contribution in [1.82, 2.24) is 79.8 Å². The van der Waals surface area contributed by atoms with Crippen molar-refractivity contribution in [2.45, 2.75) is 147 Å². The summed E-state index contributed by atoms with van der Waals surface area (Å²) in [7, 11) is 15.8. The van der Waals surface area contributed by atoms with E-state index in [1.165, 1.54) is 4.90 Å². The number of likely N-dealkylation sites (N-methyl/N-ethyl adjacent to an activating group) is 1. The molecule has 0 amide bonds. The highest BCUT2D eigenvalue weighted by molar-refractivity contribution is 5.17. The summed E-state index contributed by atoms with van der Waals surface area (Å²) in [4.78, 5) is 1.24. The Balaban J connectivity index is 1.10. The Morgan fingerprint density at radius 2 is 0.421 bits per heavy atom. The first-order valence-electron chi connectivity index (χ1n) is 20.2. The van der Waals surface area contributed by atoms with Crippen LogP contribution in [-0.2, 0) is 37.9 Å². The molecule has 0 spiro atoms. The predicted molar refractivity (Wildman–Crippen MR) is 201 cm³/mol. The molecule has 9 saturated heterocycles. The van der Waals surface area contributed by atoms with Crippen molar-refractivity contribution in [2.75, 3.05) is 63.9 Å². The fourth-order valence-electron chi connectivity index (χ4n) is 11.1. The number of fused-ring (bicyclic) bond motifs is 20. The van der Waals surface area contributed by atoms with Crippen LogP contribution in [0.5, 0.6) is 0 Å². The second-order valence-electron chi connectivity index (χ2n) is 16.5. The molecule has 9 heterocycles. The van der Waals surface area contributed by atoms with Gasteiger partial charge in [-0.25, -0.2) is 10.6 Å². The molecular weight excluding hydrogens is 748 g/mol. The number of methoxy groups -OCH3 is 8. The Morgan fingerprint density at radius 3 is 0.614 bits per heavy atom. The minimum Gasteiger partial charge on any atom is -0.362 e. The summed E-state index contributed by atoms with van der Waals surface area (Å²) >= 11 is 0. The lowest BCUT2D eigenvalue weighted by Crippen LogP contribution is -3.19. The molecule has 16 N–H and O–H groups in total. The van der Waals surface area contributed by atoms with Crippen molar-refractivity contribution in [3.8, 4) is 0 Å². The molecule has 0 aromatic carbocycles. The standard InChI is InChI=1S/C33H66N16O8/c1-49-24-16-17(41-33(57-9)32(40-16)56-8)25(49)48-23-15-13(37-29(53-5)31(39-15)55-7)21(46-23)44-19-11-10(34-26(50-2)27(35-11)51-3)18(42-19)43-20-12-14(22(45-20)47-24)38-30(54-6)28(36-12)52-4/h10-48H,1-9H3/p+1. The maximum Gasteiger partial charge on any atom is 0.161 e. The Hall–Kier alpha value is -0.960. The van der Waals surface area contributed by atoms with Gasteiger partial charge in [-0.05, 0) is 0 Å². The number of hydrogen-bond acceptors (Lipinski definition) is 23. The van der Waals surface area contributed by atoms with Gasteiger partial charge in [-0.2, -0.15) is 0 Å². The van der Waals surface area contributed by atoms with E-state index in [2.05, 4.69) is 86.8 Å². The summed E-state index contributed by atoms with van der Waals surface area (Å²) in [5.41, 5.74) is 0. The largest absolute Gasteiger partial charge is 0.362 e. The smallest absolute Gasteiger partial charge is 0.161 e. The fourth-order valence-corrected chi connectivity index (χ4v) is 11.1. The monoisotopic (exact) mass is 816 g/mol. The van der Waals surface area contributed by atoms with Gasteiger partial charge in [0.2, 0.25) is 0 Å². The zero-order valence-electron chi connectivity index (χ0n) is 34.1. The van der Waals surface area contributed by atoms with Crippen molar-refractivity contribution >= 4 is 0 Å². The van der Waals surface area contributed by atoms with Gasteiger partial charge < -0.3 is 42.8 Å². The molecule has 24 unspecified atom stereocenters. The molecule has 9 aliphatic rings. The molecule has 9 rings (SSSR count). The third kappa shape index (κ3) is 7.16. The van der Waals surface area contributed by atoms with Gasteiger partial charge in [-0.1, -0.05) is 0 Å². The molecule has 9 fully saturated rings. The van der Waals surface area contributed by atoms with Gasteiger partial charge in [0, 0.05) is 56.9 Å². The van der Waals surface area contributed by atoms with Crippen molar-refractivity contribution in [2.24, 2.45) is 0 Å². The van der Waals surface area contributed by atoms with Gasteiger partial charge >= 0.3 is 0 Å². The predicted octanol–water partition coefficient (Wildman–Crippen LogP) is -10.2. The van der Waals surface area contributed by atoms with E-state index in [-0.39, 0.29) is 147 Å². The molecule has 8 bridgehead atoms. The quantitative estimate of drug-likeness (QED) is 0.109. The third-order valence-electron chi connectivity index (χ3n) is 13.9. The van der Waals surface area contributed by atoms with E-state index in [0.717, 1.165) is 0 Å². The molecule has 0 aromatic rings. The third-order valence-corrected chi connectivity index (χ3v) is 13.9. The normalized spacial score (nSPS) is 55.8. The highest BCUT2D eigenvalue weighted by Gasteiger charge is 2.62. The average Bonchev–Trinajstić information content (AvgIpc) is 3.94. The van der Waals surface area contributed by atoms with Crippen LogP contribution in [0.15, 0.2) is 0 Å². The molecular formula is C33H67N16O8+. The van der Waals surface area contributed by atoms with Gasteiger partial charge in [0.05, 0.1) is 92.4 Å². The van der Waals surface area contributed by atoms with Crippen molar-refractivity contribution < 1.29 is 42.8 Å². The molecule has 57 heavy (non-hydrogen) atoms. The van der Waals surface area contributed by atoms with Gasteiger partial charge in [-0.3, -0.25) is 69.1 Å². The Labute approximate surface area is 333 Å². The molecule has 0 aliphatic carbocycles. The molecule has 9 aliphatic heterocycles. The highest BCUT2D eigenvalue weighted by Crippen LogP contribution is 2.28. The minimum absolute atomic E-state index is 0.0629. The van der Waals surface area contributed by atoms with Gasteiger partial charge in [0.1, 0.15) is 49.8 Å². The van der Waals surface area contributed by atoms with E-state index in [9.17, 15) is 0 Å². The first-order valence-corrected chi connectivity index (χ1v) is 20.2. The van der Waals surface area contributed by atoms with E-state index in [0.29, 0.717) is 0 Å². The molecule has 24 heteroatoms. The fraction of sp³-hybridized carbons (Fsp3) is 1.00. The van der Waals surface area contributed by atoms with Crippen LogP contribution in [0.25, 0.3) is 0 Å². The second-order valence-corrected chi connectivity index (χ2v) is 16.5. The number of ether oxygens (including phenoxy) is 8. The average molecular weight is 816 g/mol. The Bertz CT molecular complexity index is 1280. The number of nitrogens with one attached hydrogen (secondary N) is 16. The summed E-state index contributed by atoms with van der Waals surface area (Å²) in [5, 5.41) is 58.0. The molecule has 24 atom stereocenters. The Morgan fingerprint density at radius 1 is 0.246 bits per heavy atom. The van der Waals surface area contributed by atoms with Crippen LogP contribution < -0.4 is 84.7 Å². The number of piperazine rings is 4. The SMILES string of the molecule is COC1NC2C3NC(NC4NC(NC5C6NC(OC)C(OC)NC6C(NC6NC(N3)C3NC(OC)C(OC)NC63)[NH+]5C)C3NC(OC)C(OC)NC43)C2NC1OC. The second kappa shape index (κ2) is 17.1. The Kier molecular flexibility index (Phi) is 12.4.